The van der Waals surface area contributed by atoms with E-state index in [2.05, 4.69) is 20.1 Å². The van der Waals surface area contributed by atoms with Gasteiger partial charge in [0.15, 0.2) is 5.82 Å². The van der Waals surface area contributed by atoms with Gasteiger partial charge in [-0.05, 0) is 20.8 Å². The zero-order valence-corrected chi connectivity index (χ0v) is 14.0. The first-order chi connectivity index (χ1) is 11.5. The van der Waals surface area contributed by atoms with Gasteiger partial charge < -0.3 is 15.4 Å². The van der Waals surface area contributed by atoms with Crippen molar-refractivity contribution in [1.29, 1.82) is 0 Å². The van der Waals surface area contributed by atoms with E-state index in [1.54, 1.807) is 17.3 Å². The number of nitrogens with two attached hydrogens (primary N) is 1. The van der Waals surface area contributed by atoms with Crippen LogP contribution in [0.15, 0.2) is 18.7 Å². The molecule has 24 heavy (non-hydrogen) atoms. The van der Waals surface area contributed by atoms with E-state index in [1.165, 1.54) is 11.0 Å². The van der Waals surface area contributed by atoms with Crippen LogP contribution in [0.25, 0.3) is 5.82 Å². The third-order valence-corrected chi connectivity index (χ3v) is 3.74. The number of amides is 1. The minimum absolute atomic E-state index is 0.00975. The van der Waals surface area contributed by atoms with Crippen LogP contribution in [0.2, 0.25) is 0 Å². The lowest BCUT2D eigenvalue weighted by Gasteiger charge is -2.34. The van der Waals surface area contributed by atoms with E-state index in [0.717, 1.165) is 0 Å². The van der Waals surface area contributed by atoms with E-state index in [-0.39, 0.29) is 30.0 Å². The Labute approximate surface area is 139 Å². The number of ether oxygens (including phenoxy) is 1. The van der Waals surface area contributed by atoms with Crippen LogP contribution in [0.1, 0.15) is 43.1 Å². The van der Waals surface area contributed by atoms with E-state index < -0.39 is 0 Å². The average Bonchev–Trinajstić information content (AvgIpc) is 3.03. The van der Waals surface area contributed by atoms with E-state index in [4.69, 9.17) is 10.5 Å². The van der Waals surface area contributed by atoms with Crippen LogP contribution in [0, 0.1) is 0 Å². The van der Waals surface area contributed by atoms with Gasteiger partial charge in [0.1, 0.15) is 12.0 Å². The summed E-state index contributed by atoms with van der Waals surface area (Å²) in [5, 5.41) is 4.26. The van der Waals surface area contributed by atoms with E-state index in [1.807, 2.05) is 20.8 Å². The predicted octanol–water partition coefficient (Wildman–Crippen LogP) is 0.326. The molecule has 1 aliphatic rings. The van der Waals surface area contributed by atoms with Gasteiger partial charge in [-0.15, -0.1) is 5.10 Å². The fraction of sp³-hybridized carbons (Fsp3) is 0.533. The van der Waals surface area contributed by atoms with Crippen LogP contribution in [0.3, 0.4) is 0 Å². The molecule has 1 saturated heterocycles. The second-order valence-electron chi connectivity index (χ2n) is 6.03. The highest BCUT2D eigenvalue weighted by atomic mass is 16.5. The summed E-state index contributed by atoms with van der Waals surface area (Å²) in [6, 6.07) is -0.307. The van der Waals surface area contributed by atoms with Gasteiger partial charge in [0.25, 0.3) is 5.91 Å². The summed E-state index contributed by atoms with van der Waals surface area (Å²) >= 11 is 0. The Hall–Kier alpha value is -2.39. The van der Waals surface area contributed by atoms with Crippen LogP contribution in [0.4, 0.5) is 0 Å². The van der Waals surface area contributed by atoms with E-state index in [0.29, 0.717) is 24.6 Å². The molecule has 0 spiro atoms. The van der Waals surface area contributed by atoms with Gasteiger partial charge in [-0.1, -0.05) is 0 Å². The normalized spacial score (nSPS) is 22.4. The van der Waals surface area contributed by atoms with Crippen molar-refractivity contribution in [2.24, 2.45) is 5.73 Å². The van der Waals surface area contributed by atoms with Gasteiger partial charge in [-0.25, -0.2) is 9.97 Å². The van der Waals surface area contributed by atoms with Gasteiger partial charge in [-0.3, -0.25) is 9.78 Å². The number of morpholine rings is 1. The maximum Gasteiger partial charge on any atom is 0.293 e. The molecule has 3 atom stereocenters. The molecular formula is C15H21N7O2. The predicted molar refractivity (Wildman–Crippen MR) is 85.5 cm³/mol. The molecule has 1 unspecified atom stereocenters. The standard InChI is InChI=1S/C15H21N7O2/c1-9-6-21(7-10(2)24-9)15(23)13-19-8-22(20-13)14-12(11(3)16)17-4-5-18-14/h4-5,8-11H,6-7,16H2,1-3H3/t9-,10+,11?. The fourth-order valence-electron chi connectivity index (χ4n) is 2.79. The molecular weight excluding hydrogens is 310 g/mol. The maximum absolute atomic E-state index is 12.6. The Kier molecular flexibility index (Phi) is 4.54. The minimum atomic E-state index is -0.307. The number of aromatic nitrogens is 5. The number of nitrogens with zero attached hydrogens (tertiary/aromatic N) is 6. The quantitative estimate of drug-likeness (QED) is 0.862. The lowest BCUT2D eigenvalue weighted by Crippen LogP contribution is -2.48. The van der Waals surface area contributed by atoms with Crippen molar-refractivity contribution >= 4 is 5.91 Å². The molecule has 2 N–H and O–H groups in total. The first-order valence-corrected chi connectivity index (χ1v) is 7.89. The summed E-state index contributed by atoms with van der Waals surface area (Å²) in [6.07, 6.45) is 4.56. The molecule has 0 bridgehead atoms. The minimum Gasteiger partial charge on any atom is -0.372 e. The Morgan fingerprint density at radius 3 is 2.58 bits per heavy atom. The van der Waals surface area contributed by atoms with Gasteiger partial charge in [-0.2, -0.15) is 4.68 Å². The summed E-state index contributed by atoms with van der Waals surface area (Å²) in [7, 11) is 0. The Morgan fingerprint density at radius 1 is 1.25 bits per heavy atom. The van der Waals surface area contributed by atoms with Crippen molar-refractivity contribution in [3.8, 4) is 5.82 Å². The fourth-order valence-corrected chi connectivity index (χ4v) is 2.79. The monoisotopic (exact) mass is 331 g/mol. The first-order valence-electron chi connectivity index (χ1n) is 7.89. The van der Waals surface area contributed by atoms with Crippen molar-refractivity contribution < 1.29 is 9.53 Å². The van der Waals surface area contributed by atoms with E-state index in [9.17, 15) is 4.79 Å². The summed E-state index contributed by atoms with van der Waals surface area (Å²) < 4.78 is 7.08. The molecule has 128 valence electrons. The summed E-state index contributed by atoms with van der Waals surface area (Å²) in [4.78, 5) is 26.9. The third-order valence-electron chi connectivity index (χ3n) is 3.74. The lowest BCUT2D eigenvalue weighted by atomic mass is 10.2. The highest BCUT2D eigenvalue weighted by Crippen LogP contribution is 2.15. The SMILES string of the molecule is CC(N)c1nccnc1-n1cnc(C(=O)N2C[C@@H](C)O[C@@H](C)C2)n1. The van der Waals surface area contributed by atoms with Crippen molar-refractivity contribution in [2.45, 2.75) is 39.0 Å². The average molecular weight is 331 g/mol. The zero-order valence-electron chi connectivity index (χ0n) is 14.0. The number of carbonyl (C=O) groups is 1. The third kappa shape index (κ3) is 3.26. The number of hydrogen-bond acceptors (Lipinski definition) is 7. The van der Waals surface area contributed by atoms with Crippen molar-refractivity contribution in [3.05, 3.63) is 30.2 Å². The molecule has 1 aliphatic heterocycles. The molecule has 9 heteroatoms. The summed E-state index contributed by atoms with van der Waals surface area (Å²) in [5.74, 6) is 0.377. The molecule has 2 aromatic rings. The molecule has 0 saturated carbocycles. The van der Waals surface area contributed by atoms with Crippen LogP contribution in [-0.2, 0) is 4.74 Å². The highest BCUT2D eigenvalue weighted by molar-refractivity contribution is 5.90. The van der Waals surface area contributed by atoms with Crippen LogP contribution in [-0.4, -0.2) is 60.8 Å². The topological polar surface area (TPSA) is 112 Å². The second kappa shape index (κ2) is 6.62. The summed E-state index contributed by atoms with van der Waals surface area (Å²) in [5.41, 5.74) is 6.51. The lowest BCUT2D eigenvalue weighted by molar-refractivity contribution is -0.0588. The molecule has 2 aromatic heterocycles. The number of hydrogen-bond donors (Lipinski definition) is 1. The van der Waals surface area contributed by atoms with Gasteiger partial charge >= 0.3 is 0 Å². The molecule has 3 heterocycles. The smallest absolute Gasteiger partial charge is 0.293 e. The Bertz CT molecular complexity index is 720. The highest BCUT2D eigenvalue weighted by Gasteiger charge is 2.29. The number of carbonyl (C=O) groups excluding carboxylic acids is 1. The molecule has 1 fully saturated rings. The first kappa shape index (κ1) is 16.5. The molecule has 0 aliphatic carbocycles. The Balaban J connectivity index is 1.85. The maximum atomic E-state index is 12.6. The molecule has 1 amide bonds. The van der Waals surface area contributed by atoms with Crippen LogP contribution < -0.4 is 5.73 Å². The Morgan fingerprint density at radius 2 is 1.92 bits per heavy atom. The van der Waals surface area contributed by atoms with Crippen LogP contribution >= 0.6 is 0 Å². The molecule has 3 rings (SSSR count). The van der Waals surface area contributed by atoms with Gasteiger partial charge in [0.2, 0.25) is 5.82 Å². The zero-order chi connectivity index (χ0) is 17.3. The summed E-state index contributed by atoms with van der Waals surface area (Å²) in [6.45, 7) is 6.74. The molecule has 0 radical (unpaired) electrons. The molecule has 0 aromatic carbocycles. The van der Waals surface area contributed by atoms with E-state index >= 15 is 0 Å². The van der Waals surface area contributed by atoms with Crippen molar-refractivity contribution in [3.63, 3.8) is 0 Å². The second-order valence-corrected chi connectivity index (χ2v) is 6.03. The van der Waals surface area contributed by atoms with Gasteiger partial charge in [0.05, 0.1) is 12.2 Å². The largest absolute Gasteiger partial charge is 0.372 e. The van der Waals surface area contributed by atoms with Crippen LogP contribution in [0.5, 0.6) is 0 Å². The van der Waals surface area contributed by atoms with Gasteiger partial charge in [0, 0.05) is 31.5 Å². The van der Waals surface area contributed by atoms with Crippen molar-refractivity contribution in [2.75, 3.05) is 13.1 Å². The number of rotatable bonds is 3. The molecule has 9 nitrogen and oxygen atoms in total. The van der Waals surface area contributed by atoms with Crippen molar-refractivity contribution in [1.82, 2.24) is 29.6 Å².